The minimum atomic E-state index is -0.368. The van der Waals surface area contributed by atoms with Gasteiger partial charge in [0, 0.05) is 25.2 Å². The first-order chi connectivity index (χ1) is 12.8. The Bertz CT molecular complexity index is 1150. The summed E-state index contributed by atoms with van der Waals surface area (Å²) in [7, 11) is 3.72. The molecule has 27 heavy (non-hydrogen) atoms. The van der Waals surface area contributed by atoms with Gasteiger partial charge in [-0.3, -0.25) is 0 Å². The Labute approximate surface area is 160 Å². The number of nitrogens with two attached hydrogens (primary N) is 1. The van der Waals surface area contributed by atoms with Crippen LogP contribution in [-0.2, 0) is 13.5 Å². The summed E-state index contributed by atoms with van der Waals surface area (Å²) in [5.41, 5.74) is 9.57. The van der Waals surface area contributed by atoms with Gasteiger partial charge in [-0.05, 0) is 38.0 Å². The fourth-order valence-corrected chi connectivity index (χ4v) is 4.20. The Balaban J connectivity index is 1.91. The summed E-state index contributed by atoms with van der Waals surface area (Å²) in [4.78, 5) is 14.5. The molecule has 1 aromatic carbocycles. The van der Waals surface area contributed by atoms with E-state index in [1.807, 2.05) is 38.6 Å². The van der Waals surface area contributed by atoms with Gasteiger partial charge in [0.05, 0.1) is 6.33 Å². The summed E-state index contributed by atoms with van der Waals surface area (Å²) in [6.45, 7) is 3.91. The molecule has 0 radical (unpaired) electrons. The van der Waals surface area contributed by atoms with Crippen molar-refractivity contribution in [1.29, 1.82) is 0 Å². The largest absolute Gasteiger partial charge is 0.371 e. The summed E-state index contributed by atoms with van der Waals surface area (Å²) in [6.07, 6.45) is 2.38. The first-order valence-corrected chi connectivity index (χ1v) is 9.45. The van der Waals surface area contributed by atoms with E-state index in [9.17, 15) is 4.39 Å². The number of imidazole rings is 1. The molecule has 4 rings (SSSR count). The van der Waals surface area contributed by atoms with Crippen molar-refractivity contribution in [2.45, 2.75) is 25.8 Å². The van der Waals surface area contributed by atoms with Crippen LogP contribution in [0, 0.1) is 5.82 Å². The van der Waals surface area contributed by atoms with Gasteiger partial charge in [-0.25, -0.2) is 19.3 Å². The van der Waals surface area contributed by atoms with Crippen LogP contribution >= 0.6 is 11.3 Å². The van der Waals surface area contributed by atoms with Crippen LogP contribution in [0.25, 0.3) is 32.0 Å². The van der Waals surface area contributed by atoms with Gasteiger partial charge in [0.15, 0.2) is 5.82 Å². The quantitative estimate of drug-likeness (QED) is 0.561. The average molecular weight is 384 g/mol. The molecule has 0 saturated carbocycles. The summed E-state index contributed by atoms with van der Waals surface area (Å²) in [5, 5.41) is 3.67. The number of benzene rings is 1. The van der Waals surface area contributed by atoms with Crippen LogP contribution in [-0.4, -0.2) is 32.1 Å². The van der Waals surface area contributed by atoms with E-state index in [-0.39, 0.29) is 11.4 Å². The van der Waals surface area contributed by atoms with Crippen molar-refractivity contribution in [1.82, 2.24) is 19.5 Å². The summed E-state index contributed by atoms with van der Waals surface area (Å²) >= 11 is 1.37. The number of nitrogens with zero attached hydrogens (tertiary/aromatic N) is 4. The smallest absolute Gasteiger partial charge is 0.155 e. The lowest BCUT2D eigenvalue weighted by Gasteiger charge is -2.18. The number of aryl methyl sites for hydroxylation is 1. The fourth-order valence-electron chi connectivity index (χ4n) is 3.24. The second kappa shape index (κ2) is 6.24. The molecule has 0 unspecified atom stereocenters. The number of fused-ring (bicyclic) bond motifs is 3. The van der Waals surface area contributed by atoms with Crippen molar-refractivity contribution < 1.29 is 4.39 Å². The minimum Gasteiger partial charge on any atom is -0.371 e. The van der Waals surface area contributed by atoms with E-state index in [0.717, 1.165) is 26.9 Å². The predicted octanol–water partition coefficient (Wildman–Crippen LogP) is 3.71. The molecule has 8 heteroatoms. The number of thiazole rings is 1. The van der Waals surface area contributed by atoms with Crippen molar-refractivity contribution in [2.75, 3.05) is 12.4 Å². The fraction of sp³-hybridized carbons (Fsp3) is 0.316. The predicted molar refractivity (Wildman–Crippen MR) is 109 cm³/mol. The molecule has 0 aliphatic heterocycles. The Morgan fingerprint density at radius 1 is 1.26 bits per heavy atom. The van der Waals surface area contributed by atoms with Crippen molar-refractivity contribution in [3.8, 4) is 10.6 Å². The highest BCUT2D eigenvalue weighted by molar-refractivity contribution is 7.21. The van der Waals surface area contributed by atoms with Crippen molar-refractivity contribution >= 4 is 38.5 Å². The number of hydrogen-bond acceptors (Lipinski definition) is 6. The minimum absolute atomic E-state index is 0.303. The van der Waals surface area contributed by atoms with E-state index in [1.54, 1.807) is 12.4 Å². The molecule has 0 spiro atoms. The first kappa shape index (κ1) is 17.8. The number of halogens is 1. The van der Waals surface area contributed by atoms with Gasteiger partial charge >= 0.3 is 0 Å². The Morgan fingerprint density at radius 2 is 2.04 bits per heavy atom. The van der Waals surface area contributed by atoms with E-state index >= 15 is 0 Å². The molecule has 4 aromatic rings. The number of pyridine rings is 1. The molecule has 0 amide bonds. The third kappa shape index (κ3) is 3.15. The molecule has 0 aliphatic carbocycles. The first-order valence-electron chi connectivity index (χ1n) is 8.64. The normalized spacial score (nSPS) is 12.2. The van der Waals surface area contributed by atoms with Crippen LogP contribution < -0.4 is 11.1 Å². The standard InChI is InChI=1S/C19H21FN6S/c1-19(2,21)8-10-5-6-12(20)11(7-10)17-24-14-15-13(23-9-26(15)4)16(22-3)25-18(14)27-17/h5-7,9H,8,21H2,1-4H3,(H,22,25). The average Bonchev–Trinajstić information content (AvgIpc) is 3.18. The molecule has 0 atom stereocenters. The van der Waals surface area contributed by atoms with Gasteiger partial charge in [-0.1, -0.05) is 17.4 Å². The SMILES string of the molecule is CNc1nc2sc(-c3cc(CC(C)(C)N)ccc3F)nc2c2c1ncn2C. The number of hydrogen-bond donors (Lipinski definition) is 2. The van der Waals surface area contributed by atoms with Crippen LogP contribution in [0.4, 0.5) is 10.2 Å². The van der Waals surface area contributed by atoms with E-state index in [0.29, 0.717) is 22.8 Å². The van der Waals surface area contributed by atoms with Gasteiger partial charge in [0.25, 0.3) is 0 Å². The van der Waals surface area contributed by atoms with Crippen molar-refractivity contribution in [3.63, 3.8) is 0 Å². The molecule has 3 heterocycles. The van der Waals surface area contributed by atoms with Gasteiger partial charge < -0.3 is 15.6 Å². The molecule has 3 N–H and O–H groups in total. The molecule has 0 fully saturated rings. The number of anilines is 1. The monoisotopic (exact) mass is 384 g/mol. The summed E-state index contributed by atoms with van der Waals surface area (Å²) in [5.74, 6) is 0.384. The molecule has 3 aromatic heterocycles. The van der Waals surface area contributed by atoms with E-state index in [2.05, 4.69) is 15.3 Å². The maximum Gasteiger partial charge on any atom is 0.155 e. The number of nitrogens with one attached hydrogen (secondary N) is 1. The van der Waals surface area contributed by atoms with E-state index in [4.69, 9.17) is 10.7 Å². The highest BCUT2D eigenvalue weighted by atomic mass is 32.1. The summed E-state index contributed by atoms with van der Waals surface area (Å²) in [6, 6.07) is 5.09. The van der Waals surface area contributed by atoms with Gasteiger partial charge in [0.2, 0.25) is 0 Å². The van der Waals surface area contributed by atoms with Gasteiger partial charge in [-0.15, -0.1) is 0 Å². The molecule has 6 nitrogen and oxygen atoms in total. The highest BCUT2D eigenvalue weighted by Crippen LogP contribution is 2.36. The van der Waals surface area contributed by atoms with E-state index in [1.165, 1.54) is 17.4 Å². The lowest BCUT2D eigenvalue weighted by atomic mass is 9.95. The van der Waals surface area contributed by atoms with Crippen LogP contribution in [0.15, 0.2) is 24.5 Å². The van der Waals surface area contributed by atoms with Crippen LogP contribution in [0.2, 0.25) is 0 Å². The Hall–Kier alpha value is -2.58. The topological polar surface area (TPSA) is 81.7 Å². The third-order valence-corrected chi connectivity index (χ3v) is 5.35. The molecular weight excluding hydrogens is 363 g/mol. The third-order valence-electron chi connectivity index (χ3n) is 4.37. The number of rotatable bonds is 4. The highest BCUT2D eigenvalue weighted by Gasteiger charge is 2.19. The lowest BCUT2D eigenvalue weighted by molar-refractivity contribution is 0.516. The molecule has 0 bridgehead atoms. The lowest BCUT2D eigenvalue weighted by Crippen LogP contribution is -2.34. The molecule has 0 aliphatic rings. The second-order valence-electron chi connectivity index (χ2n) is 7.42. The summed E-state index contributed by atoms with van der Waals surface area (Å²) < 4.78 is 16.5. The maximum atomic E-state index is 14.6. The molecule has 140 valence electrons. The van der Waals surface area contributed by atoms with Crippen LogP contribution in [0.1, 0.15) is 19.4 Å². The van der Waals surface area contributed by atoms with E-state index < -0.39 is 0 Å². The Morgan fingerprint density at radius 3 is 2.74 bits per heavy atom. The van der Waals surface area contributed by atoms with Crippen molar-refractivity contribution in [2.24, 2.45) is 12.8 Å². The number of aromatic nitrogens is 4. The van der Waals surface area contributed by atoms with Crippen molar-refractivity contribution in [3.05, 3.63) is 35.9 Å². The van der Waals surface area contributed by atoms with Gasteiger partial charge in [0.1, 0.15) is 32.2 Å². The Kier molecular flexibility index (Phi) is 4.12. The van der Waals surface area contributed by atoms with Crippen LogP contribution in [0.5, 0.6) is 0 Å². The second-order valence-corrected chi connectivity index (χ2v) is 8.39. The molecule has 0 saturated heterocycles. The zero-order chi connectivity index (χ0) is 19.3. The van der Waals surface area contributed by atoms with Crippen LogP contribution in [0.3, 0.4) is 0 Å². The maximum absolute atomic E-state index is 14.6. The zero-order valence-electron chi connectivity index (χ0n) is 15.7. The van der Waals surface area contributed by atoms with Gasteiger partial charge in [-0.2, -0.15) is 0 Å². The zero-order valence-corrected chi connectivity index (χ0v) is 16.5. The molecular formula is C19H21FN6S.